The third-order valence-electron chi connectivity index (χ3n) is 2.92. The fourth-order valence-electron chi connectivity index (χ4n) is 1.71. The molecule has 0 fully saturated rings. The van der Waals surface area contributed by atoms with Crippen molar-refractivity contribution in [2.45, 2.75) is 11.4 Å². The van der Waals surface area contributed by atoms with E-state index in [0.29, 0.717) is 12.3 Å². The Morgan fingerprint density at radius 2 is 1.91 bits per heavy atom. The van der Waals surface area contributed by atoms with Gasteiger partial charge in [0, 0.05) is 4.90 Å². The quantitative estimate of drug-likeness (QED) is 0.720. The number of rotatable bonds is 8. The molecule has 7 heteroatoms. The molecule has 0 spiro atoms. The summed E-state index contributed by atoms with van der Waals surface area (Å²) in [7, 11) is 1.60. The minimum absolute atomic E-state index is 0.0529. The van der Waals surface area contributed by atoms with Crippen molar-refractivity contribution in [2.24, 2.45) is 0 Å². The van der Waals surface area contributed by atoms with Gasteiger partial charge < -0.3 is 19.8 Å². The van der Waals surface area contributed by atoms with Crippen molar-refractivity contribution in [1.29, 1.82) is 0 Å². The Morgan fingerprint density at radius 3 is 2.57 bits per heavy atom. The third kappa shape index (κ3) is 6.07. The van der Waals surface area contributed by atoms with Gasteiger partial charge in [-0.05, 0) is 36.4 Å². The lowest BCUT2D eigenvalue weighted by atomic mass is 10.3. The van der Waals surface area contributed by atoms with Gasteiger partial charge in [-0.25, -0.2) is 0 Å². The molecule has 1 aromatic heterocycles. The fraction of sp³-hybridized carbons (Fsp3) is 0.250. The number of ether oxygens (including phenoxy) is 1. The van der Waals surface area contributed by atoms with Gasteiger partial charge in [0.2, 0.25) is 11.8 Å². The van der Waals surface area contributed by atoms with Crippen LogP contribution in [0.15, 0.2) is 52.0 Å². The molecule has 0 aliphatic heterocycles. The van der Waals surface area contributed by atoms with Crippen molar-refractivity contribution < 1.29 is 18.7 Å². The Kier molecular flexibility index (Phi) is 6.56. The third-order valence-corrected chi connectivity index (χ3v) is 3.93. The number of benzene rings is 1. The van der Waals surface area contributed by atoms with Crippen LogP contribution in [0.4, 0.5) is 0 Å². The summed E-state index contributed by atoms with van der Waals surface area (Å²) >= 11 is 1.40. The number of furan rings is 1. The van der Waals surface area contributed by atoms with Crippen LogP contribution < -0.4 is 15.4 Å². The summed E-state index contributed by atoms with van der Waals surface area (Å²) in [5.41, 5.74) is 0. The monoisotopic (exact) mass is 334 g/mol. The average Bonchev–Trinajstić information content (AvgIpc) is 3.10. The zero-order chi connectivity index (χ0) is 16.5. The summed E-state index contributed by atoms with van der Waals surface area (Å²) in [5, 5.41) is 5.24. The first-order valence-electron chi connectivity index (χ1n) is 7.00. The molecule has 6 nitrogen and oxygen atoms in total. The van der Waals surface area contributed by atoms with Crippen LogP contribution in [0.2, 0.25) is 0 Å². The van der Waals surface area contributed by atoms with Crippen molar-refractivity contribution in [3.05, 3.63) is 48.4 Å². The van der Waals surface area contributed by atoms with Crippen molar-refractivity contribution in [3.63, 3.8) is 0 Å². The second-order valence-corrected chi connectivity index (χ2v) is 5.65. The maximum atomic E-state index is 11.7. The lowest BCUT2D eigenvalue weighted by molar-refractivity contribution is -0.124. The fourth-order valence-corrected chi connectivity index (χ4v) is 2.44. The molecular weight excluding hydrogens is 316 g/mol. The Labute approximate surface area is 138 Å². The highest BCUT2D eigenvalue weighted by molar-refractivity contribution is 8.00. The molecule has 0 aliphatic rings. The first-order valence-corrected chi connectivity index (χ1v) is 7.98. The maximum Gasteiger partial charge on any atom is 0.239 e. The molecule has 122 valence electrons. The smallest absolute Gasteiger partial charge is 0.239 e. The molecule has 2 N–H and O–H groups in total. The van der Waals surface area contributed by atoms with Crippen molar-refractivity contribution in [1.82, 2.24) is 10.6 Å². The molecule has 2 rings (SSSR count). The van der Waals surface area contributed by atoms with E-state index in [1.807, 2.05) is 24.3 Å². The zero-order valence-electron chi connectivity index (χ0n) is 12.7. The van der Waals surface area contributed by atoms with Crippen LogP contribution in [0.25, 0.3) is 0 Å². The van der Waals surface area contributed by atoms with E-state index in [2.05, 4.69) is 10.6 Å². The van der Waals surface area contributed by atoms with E-state index in [4.69, 9.17) is 9.15 Å². The predicted octanol–water partition coefficient (Wildman–Crippen LogP) is 1.81. The van der Waals surface area contributed by atoms with Crippen LogP contribution in [-0.2, 0) is 16.1 Å². The molecule has 1 aromatic carbocycles. The van der Waals surface area contributed by atoms with Gasteiger partial charge in [0.1, 0.15) is 11.5 Å². The molecule has 2 amide bonds. The molecule has 0 bridgehead atoms. The Bertz CT molecular complexity index is 626. The van der Waals surface area contributed by atoms with Crippen molar-refractivity contribution in [2.75, 3.05) is 19.4 Å². The number of carbonyl (C=O) groups excluding carboxylic acids is 2. The number of amides is 2. The van der Waals surface area contributed by atoms with E-state index in [0.717, 1.165) is 10.6 Å². The molecule has 0 aliphatic carbocycles. The molecule has 1 heterocycles. The number of carbonyl (C=O) groups is 2. The average molecular weight is 334 g/mol. The number of thioether (sulfide) groups is 1. The Morgan fingerprint density at radius 1 is 1.13 bits per heavy atom. The van der Waals surface area contributed by atoms with E-state index in [1.165, 1.54) is 11.8 Å². The normalized spacial score (nSPS) is 10.1. The Hall–Kier alpha value is -2.41. The van der Waals surface area contributed by atoms with E-state index in [1.54, 1.807) is 25.5 Å². The summed E-state index contributed by atoms with van der Waals surface area (Å²) < 4.78 is 10.2. The summed E-state index contributed by atoms with van der Waals surface area (Å²) in [6, 6.07) is 11.0. The molecule has 0 saturated heterocycles. The van der Waals surface area contributed by atoms with Gasteiger partial charge in [0.05, 0.1) is 32.2 Å². The largest absolute Gasteiger partial charge is 0.497 e. The number of nitrogens with one attached hydrogen (secondary N) is 2. The summed E-state index contributed by atoms with van der Waals surface area (Å²) in [6.45, 7) is 0.255. The summed E-state index contributed by atoms with van der Waals surface area (Å²) in [5.74, 6) is 1.23. The SMILES string of the molecule is COc1ccc(SCC(=O)NCC(=O)NCc2ccco2)cc1. The first kappa shape index (κ1) is 17.0. The molecule has 0 saturated carbocycles. The minimum Gasteiger partial charge on any atom is -0.497 e. The lowest BCUT2D eigenvalue weighted by Gasteiger charge is -2.06. The Balaban J connectivity index is 1.63. The highest BCUT2D eigenvalue weighted by Crippen LogP contribution is 2.20. The first-order chi connectivity index (χ1) is 11.2. The second-order valence-electron chi connectivity index (χ2n) is 4.60. The number of hydrogen-bond acceptors (Lipinski definition) is 5. The van der Waals surface area contributed by atoms with E-state index in [9.17, 15) is 9.59 Å². The van der Waals surface area contributed by atoms with Crippen LogP contribution in [0, 0.1) is 0 Å². The van der Waals surface area contributed by atoms with Crippen LogP contribution in [0.5, 0.6) is 5.75 Å². The molecule has 0 atom stereocenters. The minimum atomic E-state index is -0.260. The topological polar surface area (TPSA) is 80.6 Å². The highest BCUT2D eigenvalue weighted by atomic mass is 32.2. The van der Waals surface area contributed by atoms with Gasteiger partial charge in [0.25, 0.3) is 0 Å². The second kappa shape index (κ2) is 8.89. The van der Waals surface area contributed by atoms with Gasteiger partial charge >= 0.3 is 0 Å². The lowest BCUT2D eigenvalue weighted by Crippen LogP contribution is -2.37. The van der Waals surface area contributed by atoms with Crippen LogP contribution in [-0.4, -0.2) is 31.2 Å². The highest BCUT2D eigenvalue weighted by Gasteiger charge is 2.07. The number of methoxy groups -OCH3 is 1. The number of hydrogen-bond donors (Lipinski definition) is 2. The van der Waals surface area contributed by atoms with Gasteiger partial charge in [-0.15, -0.1) is 11.8 Å². The van der Waals surface area contributed by atoms with Crippen molar-refractivity contribution >= 4 is 23.6 Å². The van der Waals surface area contributed by atoms with Gasteiger partial charge in [0.15, 0.2) is 0 Å². The molecule has 23 heavy (non-hydrogen) atoms. The van der Waals surface area contributed by atoms with Crippen LogP contribution >= 0.6 is 11.8 Å². The summed E-state index contributed by atoms with van der Waals surface area (Å²) in [4.78, 5) is 24.3. The van der Waals surface area contributed by atoms with Crippen LogP contribution in [0.1, 0.15) is 5.76 Å². The van der Waals surface area contributed by atoms with E-state index >= 15 is 0 Å². The molecule has 0 radical (unpaired) electrons. The molecule has 0 unspecified atom stereocenters. The van der Waals surface area contributed by atoms with Gasteiger partial charge in [-0.3, -0.25) is 9.59 Å². The molecular formula is C16H18N2O4S. The summed E-state index contributed by atoms with van der Waals surface area (Å²) in [6.07, 6.45) is 1.54. The standard InChI is InChI=1S/C16H18N2O4S/c1-21-12-4-6-14(7-5-12)23-11-16(20)18-10-15(19)17-9-13-3-2-8-22-13/h2-8H,9-11H2,1H3,(H,17,19)(H,18,20). The van der Waals surface area contributed by atoms with E-state index < -0.39 is 0 Å². The van der Waals surface area contributed by atoms with Crippen LogP contribution in [0.3, 0.4) is 0 Å². The molecule has 2 aromatic rings. The van der Waals surface area contributed by atoms with Gasteiger partial charge in [-0.1, -0.05) is 0 Å². The van der Waals surface area contributed by atoms with Crippen molar-refractivity contribution in [3.8, 4) is 5.75 Å². The zero-order valence-corrected chi connectivity index (χ0v) is 13.5. The van der Waals surface area contributed by atoms with E-state index in [-0.39, 0.29) is 24.1 Å². The maximum absolute atomic E-state index is 11.7. The van der Waals surface area contributed by atoms with Gasteiger partial charge in [-0.2, -0.15) is 0 Å². The predicted molar refractivity (Wildman–Crippen MR) is 87.3 cm³/mol.